The maximum Gasteiger partial charge on any atom is 0.318 e. The minimum absolute atomic E-state index is 0.0183. The maximum absolute atomic E-state index is 12.7. The van der Waals surface area contributed by atoms with Crippen LogP contribution < -0.4 is 10.6 Å². The van der Waals surface area contributed by atoms with Gasteiger partial charge >= 0.3 is 6.03 Å². The first-order valence-corrected chi connectivity index (χ1v) is 8.43. The molecule has 0 bridgehead atoms. The summed E-state index contributed by atoms with van der Waals surface area (Å²) in [5.41, 5.74) is 2.89. The summed E-state index contributed by atoms with van der Waals surface area (Å²) in [6.07, 6.45) is 2.05. The molecule has 2 aromatic rings. The number of hydrogen-bond acceptors (Lipinski definition) is 3. The number of nitrogens with zero attached hydrogens (tertiary/aromatic N) is 2. The zero-order valence-corrected chi connectivity index (χ0v) is 14.2. The molecule has 3 amide bonds. The first-order chi connectivity index (χ1) is 12.1. The molecule has 1 aliphatic heterocycles. The van der Waals surface area contributed by atoms with Gasteiger partial charge < -0.3 is 15.5 Å². The Hall–Kier alpha value is -2.89. The van der Waals surface area contributed by atoms with E-state index in [4.69, 9.17) is 0 Å². The van der Waals surface area contributed by atoms with Gasteiger partial charge in [0.05, 0.1) is 11.7 Å². The standard InChI is InChI=1S/C19H22N4O2/c1-14-5-4-6-15(13-14)18(16-7-2-3-9-20-16)22-19(25)23-11-8-17(24)21-10-12-23/h2-7,9,13,18H,8,10-12H2,1H3,(H,21,24)(H,22,25). The Bertz CT molecular complexity index is 748. The molecule has 1 atom stereocenters. The average molecular weight is 338 g/mol. The molecule has 2 N–H and O–H groups in total. The molecule has 0 aliphatic carbocycles. The molecule has 0 radical (unpaired) electrons. The minimum atomic E-state index is -0.333. The lowest BCUT2D eigenvalue weighted by molar-refractivity contribution is -0.120. The van der Waals surface area contributed by atoms with Gasteiger partial charge in [0.15, 0.2) is 0 Å². The van der Waals surface area contributed by atoms with Crippen molar-refractivity contribution < 1.29 is 9.59 Å². The van der Waals surface area contributed by atoms with Crippen molar-refractivity contribution in [3.8, 4) is 0 Å². The van der Waals surface area contributed by atoms with Crippen LogP contribution >= 0.6 is 0 Å². The number of aryl methyl sites for hydroxylation is 1. The van der Waals surface area contributed by atoms with Crippen molar-refractivity contribution >= 4 is 11.9 Å². The van der Waals surface area contributed by atoms with Crippen LogP contribution in [0.15, 0.2) is 48.7 Å². The second-order valence-electron chi connectivity index (χ2n) is 6.14. The van der Waals surface area contributed by atoms with E-state index in [9.17, 15) is 9.59 Å². The number of amides is 3. The van der Waals surface area contributed by atoms with E-state index >= 15 is 0 Å². The summed E-state index contributed by atoms with van der Waals surface area (Å²) in [6.45, 7) is 3.42. The molecule has 0 spiro atoms. The van der Waals surface area contributed by atoms with Crippen molar-refractivity contribution in [1.82, 2.24) is 20.5 Å². The maximum atomic E-state index is 12.7. The van der Waals surface area contributed by atoms with Gasteiger partial charge in [-0.15, -0.1) is 0 Å². The fourth-order valence-electron chi connectivity index (χ4n) is 2.91. The van der Waals surface area contributed by atoms with Gasteiger partial charge in [-0.25, -0.2) is 4.79 Å². The van der Waals surface area contributed by atoms with E-state index in [2.05, 4.69) is 15.6 Å². The lowest BCUT2D eigenvalue weighted by atomic mass is 10.0. The van der Waals surface area contributed by atoms with Crippen LogP contribution in [0.5, 0.6) is 0 Å². The number of carbonyl (C=O) groups is 2. The van der Waals surface area contributed by atoms with Gasteiger partial charge in [-0.3, -0.25) is 9.78 Å². The molecular formula is C19H22N4O2. The molecule has 1 fully saturated rings. The number of aromatic nitrogens is 1. The Morgan fingerprint density at radius 1 is 1.24 bits per heavy atom. The third kappa shape index (κ3) is 4.35. The Labute approximate surface area is 147 Å². The Kier molecular flexibility index (Phi) is 5.28. The monoisotopic (exact) mass is 338 g/mol. The number of benzene rings is 1. The predicted molar refractivity (Wildman–Crippen MR) is 95.0 cm³/mol. The van der Waals surface area contributed by atoms with E-state index in [0.717, 1.165) is 16.8 Å². The molecule has 1 aromatic carbocycles. The molecule has 1 aliphatic rings. The van der Waals surface area contributed by atoms with Crippen molar-refractivity contribution in [1.29, 1.82) is 0 Å². The fourth-order valence-corrected chi connectivity index (χ4v) is 2.91. The van der Waals surface area contributed by atoms with Crippen molar-refractivity contribution in [2.75, 3.05) is 19.6 Å². The zero-order chi connectivity index (χ0) is 17.6. The van der Waals surface area contributed by atoms with Crippen molar-refractivity contribution in [2.45, 2.75) is 19.4 Å². The van der Waals surface area contributed by atoms with Gasteiger partial charge in [0, 0.05) is 32.3 Å². The van der Waals surface area contributed by atoms with Gasteiger partial charge in [-0.05, 0) is 24.6 Å². The highest BCUT2D eigenvalue weighted by Crippen LogP contribution is 2.21. The first-order valence-electron chi connectivity index (χ1n) is 8.43. The van der Waals surface area contributed by atoms with Crippen LogP contribution in [0.4, 0.5) is 4.79 Å². The molecule has 0 saturated carbocycles. The average Bonchev–Trinajstić information content (AvgIpc) is 2.85. The van der Waals surface area contributed by atoms with E-state index in [1.54, 1.807) is 11.1 Å². The topological polar surface area (TPSA) is 74.3 Å². The highest BCUT2D eigenvalue weighted by molar-refractivity contribution is 5.79. The second kappa shape index (κ2) is 7.79. The van der Waals surface area contributed by atoms with Gasteiger partial charge in [0.2, 0.25) is 5.91 Å². The van der Waals surface area contributed by atoms with Crippen LogP contribution in [0.25, 0.3) is 0 Å². The van der Waals surface area contributed by atoms with Gasteiger partial charge in [0.1, 0.15) is 0 Å². The van der Waals surface area contributed by atoms with Gasteiger partial charge in [-0.1, -0.05) is 35.9 Å². The third-order valence-corrected chi connectivity index (χ3v) is 4.23. The summed E-state index contributed by atoms with van der Waals surface area (Å²) < 4.78 is 0. The SMILES string of the molecule is Cc1cccc(C(NC(=O)N2CCNC(=O)CC2)c2ccccn2)c1. The molecule has 25 heavy (non-hydrogen) atoms. The smallest absolute Gasteiger partial charge is 0.318 e. The number of urea groups is 1. The molecule has 6 heteroatoms. The summed E-state index contributed by atoms with van der Waals surface area (Å²) in [4.78, 5) is 30.3. The van der Waals surface area contributed by atoms with Crippen molar-refractivity contribution in [3.05, 3.63) is 65.5 Å². The van der Waals surface area contributed by atoms with Crippen LogP contribution in [-0.2, 0) is 4.79 Å². The highest BCUT2D eigenvalue weighted by Gasteiger charge is 2.23. The molecule has 130 valence electrons. The quantitative estimate of drug-likeness (QED) is 0.899. The lowest BCUT2D eigenvalue weighted by Gasteiger charge is -2.25. The Morgan fingerprint density at radius 2 is 2.12 bits per heavy atom. The zero-order valence-electron chi connectivity index (χ0n) is 14.2. The minimum Gasteiger partial charge on any atom is -0.354 e. The number of pyridine rings is 1. The summed E-state index contributed by atoms with van der Waals surface area (Å²) in [5.74, 6) is -0.0183. The summed E-state index contributed by atoms with van der Waals surface area (Å²) in [6, 6.07) is 13.2. The molecule has 6 nitrogen and oxygen atoms in total. The lowest BCUT2D eigenvalue weighted by Crippen LogP contribution is -2.43. The number of nitrogens with one attached hydrogen (secondary N) is 2. The molecule has 1 saturated heterocycles. The van der Waals surface area contributed by atoms with Crippen molar-refractivity contribution in [2.24, 2.45) is 0 Å². The molecule has 1 aromatic heterocycles. The molecule has 3 rings (SSSR count). The van der Waals surface area contributed by atoms with Crippen LogP contribution in [0, 0.1) is 6.92 Å². The third-order valence-electron chi connectivity index (χ3n) is 4.23. The Morgan fingerprint density at radius 3 is 2.88 bits per heavy atom. The molecular weight excluding hydrogens is 316 g/mol. The van der Waals surface area contributed by atoms with Crippen LogP contribution in [0.2, 0.25) is 0 Å². The Balaban J connectivity index is 1.82. The van der Waals surface area contributed by atoms with Crippen molar-refractivity contribution in [3.63, 3.8) is 0 Å². The van der Waals surface area contributed by atoms with E-state index in [1.807, 2.05) is 49.4 Å². The summed E-state index contributed by atoms with van der Waals surface area (Å²) in [7, 11) is 0. The van der Waals surface area contributed by atoms with E-state index in [-0.39, 0.29) is 18.0 Å². The number of hydrogen-bond donors (Lipinski definition) is 2. The molecule has 1 unspecified atom stereocenters. The summed E-state index contributed by atoms with van der Waals surface area (Å²) in [5, 5.41) is 5.86. The van der Waals surface area contributed by atoms with E-state index in [1.165, 1.54) is 0 Å². The first kappa shape index (κ1) is 17.0. The van der Waals surface area contributed by atoms with Gasteiger partial charge in [-0.2, -0.15) is 0 Å². The largest absolute Gasteiger partial charge is 0.354 e. The second-order valence-corrected chi connectivity index (χ2v) is 6.14. The number of carbonyl (C=O) groups excluding carboxylic acids is 2. The van der Waals surface area contributed by atoms with E-state index in [0.29, 0.717) is 26.1 Å². The molecule has 2 heterocycles. The predicted octanol–water partition coefficient (Wildman–Crippen LogP) is 2.01. The summed E-state index contributed by atoms with van der Waals surface area (Å²) >= 11 is 0. The van der Waals surface area contributed by atoms with Crippen LogP contribution in [0.3, 0.4) is 0 Å². The van der Waals surface area contributed by atoms with Crippen LogP contribution in [0.1, 0.15) is 29.3 Å². The van der Waals surface area contributed by atoms with Gasteiger partial charge in [0.25, 0.3) is 0 Å². The van der Waals surface area contributed by atoms with Crippen LogP contribution in [-0.4, -0.2) is 41.5 Å². The normalized spacial score (nSPS) is 15.9. The number of rotatable bonds is 3. The van der Waals surface area contributed by atoms with E-state index < -0.39 is 0 Å². The highest BCUT2D eigenvalue weighted by atomic mass is 16.2. The fraction of sp³-hybridized carbons (Fsp3) is 0.316.